The predicted molar refractivity (Wildman–Crippen MR) is 74.1 cm³/mol. The van der Waals surface area contributed by atoms with Crippen LogP contribution in [-0.4, -0.2) is 45.7 Å². The largest absolute Gasteiger partial charge is 0.480 e. The van der Waals surface area contributed by atoms with Crippen LogP contribution in [0.25, 0.3) is 0 Å². The van der Waals surface area contributed by atoms with E-state index in [9.17, 15) is 19.8 Å². The zero-order valence-corrected chi connectivity index (χ0v) is 12.3. The summed E-state index contributed by atoms with van der Waals surface area (Å²) >= 11 is 0. The highest BCUT2D eigenvalue weighted by molar-refractivity contribution is 5.88. The van der Waals surface area contributed by atoms with E-state index in [4.69, 9.17) is 0 Å². The van der Waals surface area contributed by atoms with Crippen molar-refractivity contribution in [2.24, 2.45) is 11.3 Å². The van der Waals surface area contributed by atoms with Crippen LogP contribution < -0.4 is 0 Å². The molecule has 2 aliphatic rings. The Balaban J connectivity index is 2.21. The molecule has 0 aromatic carbocycles. The van der Waals surface area contributed by atoms with E-state index < -0.39 is 23.5 Å². The molecule has 1 aliphatic heterocycles. The first kappa shape index (κ1) is 15.3. The maximum atomic E-state index is 12.9. The van der Waals surface area contributed by atoms with E-state index in [0.29, 0.717) is 5.92 Å². The Morgan fingerprint density at radius 2 is 1.90 bits per heavy atom. The maximum absolute atomic E-state index is 12.9. The number of β-amino-alcohol motifs (C(OH)–C–C–N with tert-alkyl or cyclic N) is 1. The summed E-state index contributed by atoms with van der Waals surface area (Å²) < 4.78 is 0. The summed E-state index contributed by atoms with van der Waals surface area (Å²) in [5.41, 5.74) is -0.397. The summed E-state index contributed by atoms with van der Waals surface area (Å²) in [6.07, 6.45) is 4.02. The number of aliphatic carboxylic acids is 1. The van der Waals surface area contributed by atoms with Crippen LogP contribution in [0.1, 0.15) is 52.4 Å². The van der Waals surface area contributed by atoms with Crippen molar-refractivity contribution in [2.45, 2.75) is 64.5 Å². The molecule has 20 heavy (non-hydrogen) atoms. The molecule has 1 saturated heterocycles. The molecule has 0 spiro atoms. The SMILES string of the molecule is CC(C)CC1(C(=O)N2CC(O)C[C@H]2C(=O)O)CCCC1. The molecule has 1 saturated carbocycles. The van der Waals surface area contributed by atoms with Crippen molar-refractivity contribution in [1.29, 1.82) is 0 Å². The minimum atomic E-state index is -1.01. The molecule has 0 aromatic rings. The Morgan fingerprint density at radius 3 is 2.40 bits per heavy atom. The van der Waals surface area contributed by atoms with E-state index >= 15 is 0 Å². The first-order valence-electron chi connectivity index (χ1n) is 7.58. The van der Waals surface area contributed by atoms with E-state index in [1.807, 2.05) is 0 Å². The Bertz CT molecular complexity index is 387. The normalized spacial score (nSPS) is 29.1. The Labute approximate surface area is 120 Å². The molecular weight excluding hydrogens is 258 g/mol. The van der Waals surface area contributed by atoms with E-state index in [0.717, 1.165) is 32.1 Å². The van der Waals surface area contributed by atoms with Gasteiger partial charge >= 0.3 is 5.97 Å². The Morgan fingerprint density at radius 1 is 1.30 bits per heavy atom. The van der Waals surface area contributed by atoms with Gasteiger partial charge in [-0.25, -0.2) is 4.79 Å². The molecule has 5 heteroatoms. The number of aliphatic hydroxyl groups is 1. The number of carbonyl (C=O) groups excluding carboxylic acids is 1. The fourth-order valence-corrected chi connectivity index (χ4v) is 3.92. The number of hydrogen-bond donors (Lipinski definition) is 2. The number of likely N-dealkylation sites (tertiary alicyclic amines) is 1. The van der Waals surface area contributed by atoms with Crippen LogP contribution in [0.15, 0.2) is 0 Å². The van der Waals surface area contributed by atoms with E-state index in [-0.39, 0.29) is 18.9 Å². The molecular formula is C15H25NO4. The van der Waals surface area contributed by atoms with Crippen LogP contribution in [0.2, 0.25) is 0 Å². The van der Waals surface area contributed by atoms with Gasteiger partial charge in [0.25, 0.3) is 0 Å². The highest BCUT2D eigenvalue weighted by Crippen LogP contribution is 2.45. The van der Waals surface area contributed by atoms with Gasteiger partial charge in [0.05, 0.1) is 6.10 Å². The molecule has 1 aliphatic carbocycles. The molecule has 5 nitrogen and oxygen atoms in total. The minimum Gasteiger partial charge on any atom is -0.480 e. The van der Waals surface area contributed by atoms with Gasteiger partial charge in [0.15, 0.2) is 0 Å². The number of carboxylic acids is 1. The van der Waals surface area contributed by atoms with Crippen LogP contribution >= 0.6 is 0 Å². The van der Waals surface area contributed by atoms with Gasteiger partial charge in [-0.15, -0.1) is 0 Å². The number of aliphatic hydroxyl groups excluding tert-OH is 1. The number of carbonyl (C=O) groups is 2. The van der Waals surface area contributed by atoms with Crippen LogP contribution in [0, 0.1) is 11.3 Å². The average Bonchev–Trinajstić information content (AvgIpc) is 2.95. The number of hydrogen-bond acceptors (Lipinski definition) is 3. The number of carboxylic acid groups (broad SMARTS) is 1. The van der Waals surface area contributed by atoms with Crippen LogP contribution in [0.4, 0.5) is 0 Å². The van der Waals surface area contributed by atoms with Crippen LogP contribution in [-0.2, 0) is 9.59 Å². The smallest absolute Gasteiger partial charge is 0.326 e. The summed E-state index contributed by atoms with van der Waals surface area (Å²) in [4.78, 5) is 25.6. The molecule has 1 unspecified atom stereocenters. The quantitative estimate of drug-likeness (QED) is 0.822. The molecule has 0 bridgehead atoms. The van der Waals surface area contributed by atoms with E-state index in [2.05, 4.69) is 13.8 Å². The van der Waals surface area contributed by atoms with Crippen molar-refractivity contribution in [1.82, 2.24) is 4.90 Å². The van der Waals surface area contributed by atoms with Gasteiger partial charge in [0.1, 0.15) is 6.04 Å². The predicted octanol–water partition coefficient (Wildman–Crippen LogP) is 1.64. The van der Waals surface area contributed by atoms with E-state index in [1.165, 1.54) is 4.90 Å². The molecule has 114 valence electrons. The van der Waals surface area contributed by atoms with Crippen molar-refractivity contribution in [3.63, 3.8) is 0 Å². The lowest BCUT2D eigenvalue weighted by atomic mass is 9.77. The second-order valence-corrected chi connectivity index (χ2v) is 6.79. The van der Waals surface area contributed by atoms with Crippen molar-refractivity contribution in [3.8, 4) is 0 Å². The fraction of sp³-hybridized carbons (Fsp3) is 0.867. The fourth-order valence-electron chi connectivity index (χ4n) is 3.92. The molecule has 0 aromatic heterocycles. The molecule has 2 fully saturated rings. The van der Waals surface area contributed by atoms with Crippen molar-refractivity contribution >= 4 is 11.9 Å². The second kappa shape index (κ2) is 5.72. The third kappa shape index (κ3) is 2.82. The summed E-state index contributed by atoms with van der Waals surface area (Å²) in [5.74, 6) is -0.645. The van der Waals surface area contributed by atoms with Gasteiger partial charge in [-0.05, 0) is 25.2 Å². The zero-order valence-electron chi connectivity index (χ0n) is 12.3. The lowest BCUT2D eigenvalue weighted by Crippen LogP contribution is -2.48. The second-order valence-electron chi connectivity index (χ2n) is 6.79. The van der Waals surface area contributed by atoms with Crippen LogP contribution in [0.5, 0.6) is 0 Å². The Hall–Kier alpha value is -1.10. The summed E-state index contributed by atoms with van der Waals surface area (Å²) in [5, 5.41) is 19.0. The van der Waals surface area contributed by atoms with Gasteiger partial charge in [-0.2, -0.15) is 0 Å². The molecule has 2 rings (SSSR count). The number of nitrogens with zero attached hydrogens (tertiary/aromatic N) is 1. The monoisotopic (exact) mass is 283 g/mol. The lowest BCUT2D eigenvalue weighted by Gasteiger charge is -2.35. The minimum absolute atomic E-state index is 0.0485. The van der Waals surface area contributed by atoms with Crippen molar-refractivity contribution < 1.29 is 19.8 Å². The third-order valence-corrected chi connectivity index (χ3v) is 4.64. The van der Waals surface area contributed by atoms with Gasteiger partial charge < -0.3 is 15.1 Å². The van der Waals surface area contributed by atoms with Gasteiger partial charge in [-0.3, -0.25) is 4.79 Å². The third-order valence-electron chi connectivity index (χ3n) is 4.64. The molecule has 2 atom stereocenters. The highest BCUT2D eigenvalue weighted by Gasteiger charge is 2.49. The summed E-state index contributed by atoms with van der Waals surface area (Å²) in [7, 11) is 0. The molecule has 1 heterocycles. The average molecular weight is 283 g/mol. The van der Waals surface area contributed by atoms with E-state index in [1.54, 1.807) is 0 Å². The maximum Gasteiger partial charge on any atom is 0.326 e. The molecule has 1 amide bonds. The van der Waals surface area contributed by atoms with Crippen molar-refractivity contribution in [2.75, 3.05) is 6.54 Å². The summed E-state index contributed by atoms with van der Waals surface area (Å²) in [6.45, 7) is 4.36. The van der Waals surface area contributed by atoms with Crippen LogP contribution in [0.3, 0.4) is 0 Å². The Kier molecular flexibility index (Phi) is 4.37. The highest BCUT2D eigenvalue weighted by atomic mass is 16.4. The topological polar surface area (TPSA) is 77.8 Å². The molecule has 2 N–H and O–H groups in total. The standard InChI is InChI=1S/C15H25NO4/c1-10(2)8-15(5-3-4-6-15)14(20)16-9-11(17)7-12(16)13(18)19/h10-12,17H,3-9H2,1-2H3,(H,18,19)/t11?,12-/m0/s1. The number of amides is 1. The number of rotatable bonds is 4. The van der Waals surface area contributed by atoms with Gasteiger partial charge in [-0.1, -0.05) is 26.7 Å². The summed E-state index contributed by atoms with van der Waals surface area (Å²) in [6, 6.07) is -0.859. The van der Waals surface area contributed by atoms with Gasteiger partial charge in [0, 0.05) is 18.4 Å². The van der Waals surface area contributed by atoms with Gasteiger partial charge in [0.2, 0.25) is 5.91 Å². The lowest BCUT2D eigenvalue weighted by molar-refractivity contribution is -0.153. The first-order chi connectivity index (χ1) is 9.35. The van der Waals surface area contributed by atoms with Crippen molar-refractivity contribution in [3.05, 3.63) is 0 Å². The molecule has 0 radical (unpaired) electrons. The zero-order chi connectivity index (χ0) is 14.9. The first-order valence-corrected chi connectivity index (χ1v) is 7.58.